The lowest BCUT2D eigenvalue weighted by molar-refractivity contribution is 0.100. The van der Waals surface area contributed by atoms with Gasteiger partial charge in [-0.1, -0.05) is 24.3 Å². The van der Waals surface area contributed by atoms with Crippen LogP contribution in [0.25, 0.3) is 16.9 Å². The van der Waals surface area contributed by atoms with E-state index in [2.05, 4.69) is 55.1 Å². The summed E-state index contributed by atoms with van der Waals surface area (Å²) in [4.78, 5) is 4.85. The molecule has 0 aliphatic carbocycles. The molecular weight excluding hydrogens is 351 g/mol. The Morgan fingerprint density at radius 2 is 1.93 bits per heavy atom. The van der Waals surface area contributed by atoms with Crippen molar-refractivity contribution in [2.75, 3.05) is 26.7 Å². The van der Waals surface area contributed by atoms with Gasteiger partial charge in [-0.25, -0.2) is 9.07 Å². The molecule has 146 valence electrons. The molecule has 5 heteroatoms. The van der Waals surface area contributed by atoms with Crippen LogP contribution in [0.4, 0.5) is 4.39 Å². The zero-order chi connectivity index (χ0) is 19.7. The summed E-state index contributed by atoms with van der Waals surface area (Å²) in [5.74, 6) is -0.234. The van der Waals surface area contributed by atoms with Crippen molar-refractivity contribution in [3.63, 3.8) is 0 Å². The van der Waals surface area contributed by atoms with E-state index in [4.69, 9.17) is 5.10 Å². The standard InChI is InChI=1S/C23H27FN4/c1-17-6-4-9-22(12-17)28-16-20(15-27-11-10-26(3)18(2)14-27)23(25-28)19-7-5-8-21(24)13-19/h4-9,12-13,16,18H,10-11,14-15H2,1-3H3/t18-/m1/s1. The van der Waals surface area contributed by atoms with E-state index < -0.39 is 0 Å². The molecule has 2 heterocycles. The summed E-state index contributed by atoms with van der Waals surface area (Å²) in [6.45, 7) is 8.26. The molecule has 1 saturated heterocycles. The van der Waals surface area contributed by atoms with E-state index in [1.807, 2.05) is 16.8 Å². The molecule has 0 bridgehead atoms. The van der Waals surface area contributed by atoms with Gasteiger partial charge in [-0.15, -0.1) is 0 Å². The van der Waals surface area contributed by atoms with Crippen LogP contribution in [0, 0.1) is 12.7 Å². The zero-order valence-electron chi connectivity index (χ0n) is 16.8. The van der Waals surface area contributed by atoms with Gasteiger partial charge in [0.2, 0.25) is 0 Å². The number of benzene rings is 2. The summed E-state index contributed by atoms with van der Waals surface area (Å²) < 4.78 is 15.8. The Balaban J connectivity index is 1.71. The highest BCUT2D eigenvalue weighted by Crippen LogP contribution is 2.26. The average Bonchev–Trinajstić information content (AvgIpc) is 3.09. The topological polar surface area (TPSA) is 24.3 Å². The molecule has 4 rings (SSSR count). The van der Waals surface area contributed by atoms with Gasteiger partial charge in [-0.05, 0) is 50.7 Å². The van der Waals surface area contributed by atoms with Crippen molar-refractivity contribution in [2.45, 2.75) is 26.4 Å². The first-order chi connectivity index (χ1) is 13.5. The Morgan fingerprint density at radius 1 is 1.11 bits per heavy atom. The predicted molar refractivity (Wildman–Crippen MR) is 111 cm³/mol. The Morgan fingerprint density at radius 3 is 2.68 bits per heavy atom. The van der Waals surface area contributed by atoms with E-state index in [0.717, 1.165) is 48.7 Å². The highest BCUT2D eigenvalue weighted by Gasteiger charge is 2.23. The average molecular weight is 378 g/mol. The first-order valence-corrected chi connectivity index (χ1v) is 9.84. The molecule has 3 aromatic rings. The van der Waals surface area contributed by atoms with Crippen molar-refractivity contribution in [1.82, 2.24) is 19.6 Å². The summed E-state index contributed by atoms with van der Waals surface area (Å²) in [5.41, 5.74) is 5.02. The maximum absolute atomic E-state index is 13.9. The third-order valence-electron chi connectivity index (χ3n) is 5.59. The minimum atomic E-state index is -0.234. The van der Waals surface area contributed by atoms with Crippen LogP contribution in [-0.4, -0.2) is 52.3 Å². The number of aromatic nitrogens is 2. The monoisotopic (exact) mass is 378 g/mol. The van der Waals surface area contributed by atoms with E-state index in [1.165, 1.54) is 11.6 Å². The van der Waals surface area contributed by atoms with E-state index in [0.29, 0.717) is 6.04 Å². The number of halogens is 1. The summed E-state index contributed by atoms with van der Waals surface area (Å²) in [7, 11) is 2.18. The molecule has 0 radical (unpaired) electrons. The molecule has 0 unspecified atom stereocenters. The normalized spacial score (nSPS) is 18.5. The van der Waals surface area contributed by atoms with Gasteiger partial charge in [0.1, 0.15) is 5.82 Å². The van der Waals surface area contributed by atoms with Gasteiger partial charge in [0.25, 0.3) is 0 Å². The van der Waals surface area contributed by atoms with Crippen LogP contribution in [0.2, 0.25) is 0 Å². The SMILES string of the molecule is Cc1cccc(-n2cc(CN3CCN(C)[C@H](C)C3)c(-c3cccc(F)c3)n2)c1. The second-order valence-corrected chi connectivity index (χ2v) is 7.86. The Bertz CT molecular complexity index is 965. The summed E-state index contributed by atoms with van der Waals surface area (Å²) in [6, 6.07) is 15.5. The second kappa shape index (κ2) is 7.86. The molecular formula is C23H27FN4. The van der Waals surface area contributed by atoms with Crippen LogP contribution in [0.5, 0.6) is 0 Å². The first-order valence-electron chi connectivity index (χ1n) is 9.84. The fraction of sp³-hybridized carbons (Fsp3) is 0.348. The molecule has 2 aromatic carbocycles. The number of rotatable bonds is 4. The number of piperazine rings is 1. The van der Waals surface area contributed by atoms with Crippen LogP contribution in [0.1, 0.15) is 18.1 Å². The number of likely N-dealkylation sites (N-methyl/N-ethyl adjacent to an activating group) is 1. The molecule has 0 amide bonds. The van der Waals surface area contributed by atoms with E-state index in [9.17, 15) is 4.39 Å². The highest BCUT2D eigenvalue weighted by molar-refractivity contribution is 5.63. The molecule has 1 aliphatic rings. The van der Waals surface area contributed by atoms with Gasteiger partial charge in [0.05, 0.1) is 11.4 Å². The van der Waals surface area contributed by atoms with Crippen molar-refractivity contribution in [1.29, 1.82) is 0 Å². The molecule has 1 aromatic heterocycles. The van der Waals surface area contributed by atoms with Crippen molar-refractivity contribution >= 4 is 0 Å². The van der Waals surface area contributed by atoms with Gasteiger partial charge in [0.15, 0.2) is 0 Å². The minimum Gasteiger partial charge on any atom is -0.301 e. The fourth-order valence-corrected chi connectivity index (χ4v) is 3.82. The Hall–Kier alpha value is -2.50. The number of nitrogens with zero attached hydrogens (tertiary/aromatic N) is 4. The fourth-order valence-electron chi connectivity index (χ4n) is 3.82. The lowest BCUT2D eigenvalue weighted by Crippen LogP contribution is -2.49. The Labute approximate surface area is 166 Å². The first kappa shape index (κ1) is 18.8. The van der Waals surface area contributed by atoms with Gasteiger partial charge in [-0.3, -0.25) is 4.90 Å². The molecule has 1 atom stereocenters. The van der Waals surface area contributed by atoms with E-state index in [-0.39, 0.29) is 5.82 Å². The quantitative estimate of drug-likeness (QED) is 0.682. The largest absolute Gasteiger partial charge is 0.301 e. The smallest absolute Gasteiger partial charge is 0.123 e. The summed E-state index contributed by atoms with van der Waals surface area (Å²) in [6.07, 6.45) is 2.10. The van der Waals surface area contributed by atoms with Crippen molar-refractivity contribution in [3.8, 4) is 16.9 Å². The number of hydrogen-bond acceptors (Lipinski definition) is 3. The predicted octanol–water partition coefficient (Wildman–Crippen LogP) is 4.12. The van der Waals surface area contributed by atoms with Gasteiger partial charge in [0, 0.05) is 49.5 Å². The molecule has 1 fully saturated rings. The van der Waals surface area contributed by atoms with E-state index in [1.54, 1.807) is 12.1 Å². The third-order valence-corrected chi connectivity index (χ3v) is 5.59. The summed E-state index contributed by atoms with van der Waals surface area (Å²) in [5, 5.41) is 4.85. The third kappa shape index (κ3) is 4.01. The van der Waals surface area contributed by atoms with E-state index >= 15 is 0 Å². The molecule has 28 heavy (non-hydrogen) atoms. The lowest BCUT2D eigenvalue weighted by Gasteiger charge is -2.37. The van der Waals surface area contributed by atoms with Crippen molar-refractivity contribution in [2.24, 2.45) is 0 Å². The van der Waals surface area contributed by atoms with Gasteiger partial charge in [-0.2, -0.15) is 5.10 Å². The Kier molecular flexibility index (Phi) is 5.29. The second-order valence-electron chi connectivity index (χ2n) is 7.86. The van der Waals surface area contributed by atoms with Crippen LogP contribution in [0.15, 0.2) is 54.7 Å². The van der Waals surface area contributed by atoms with Crippen molar-refractivity contribution in [3.05, 3.63) is 71.7 Å². The van der Waals surface area contributed by atoms with Gasteiger partial charge >= 0.3 is 0 Å². The van der Waals surface area contributed by atoms with Crippen molar-refractivity contribution < 1.29 is 4.39 Å². The molecule has 0 spiro atoms. The van der Waals surface area contributed by atoms with Crippen LogP contribution in [0.3, 0.4) is 0 Å². The van der Waals surface area contributed by atoms with Crippen LogP contribution >= 0.6 is 0 Å². The van der Waals surface area contributed by atoms with Crippen LogP contribution < -0.4 is 0 Å². The van der Waals surface area contributed by atoms with Gasteiger partial charge < -0.3 is 4.90 Å². The molecule has 0 N–H and O–H groups in total. The lowest BCUT2D eigenvalue weighted by atomic mass is 10.1. The molecule has 4 nitrogen and oxygen atoms in total. The maximum Gasteiger partial charge on any atom is 0.123 e. The summed E-state index contributed by atoms with van der Waals surface area (Å²) >= 11 is 0. The molecule has 0 saturated carbocycles. The minimum absolute atomic E-state index is 0.234. The maximum atomic E-state index is 13.9. The number of aryl methyl sites for hydroxylation is 1. The van der Waals surface area contributed by atoms with Crippen LogP contribution in [-0.2, 0) is 6.54 Å². The molecule has 1 aliphatic heterocycles. The number of hydrogen-bond donors (Lipinski definition) is 0. The highest BCUT2D eigenvalue weighted by atomic mass is 19.1. The zero-order valence-corrected chi connectivity index (χ0v) is 16.8.